The first kappa shape index (κ1) is 29.3. The van der Waals surface area contributed by atoms with Gasteiger partial charge in [-0.3, -0.25) is 14.3 Å². The van der Waals surface area contributed by atoms with Crippen LogP contribution in [-0.2, 0) is 27.8 Å². The Labute approximate surface area is 212 Å². The largest absolute Gasteiger partial charge is 0.522 e. The van der Waals surface area contributed by atoms with Crippen LogP contribution in [0.3, 0.4) is 0 Å². The summed E-state index contributed by atoms with van der Waals surface area (Å²) in [6.45, 7) is 4.64. The molecule has 0 saturated carbocycles. The van der Waals surface area contributed by atoms with E-state index in [2.05, 4.69) is 27.2 Å². The van der Waals surface area contributed by atoms with Crippen LogP contribution in [0.2, 0.25) is 0 Å². The molecule has 3 aromatic rings. The first-order valence-corrected chi connectivity index (χ1v) is 12.3. The number of nitriles is 1. The van der Waals surface area contributed by atoms with Gasteiger partial charge in [-0.15, -0.1) is 0 Å². The fourth-order valence-electron chi connectivity index (χ4n) is 2.93. The molecule has 0 fully saturated rings. The Balaban J connectivity index is 0.000000521. The van der Waals surface area contributed by atoms with Crippen LogP contribution in [0.15, 0.2) is 48.7 Å². The molecule has 37 heavy (non-hydrogen) atoms. The zero-order chi connectivity index (χ0) is 27.6. The average molecular weight is 536 g/mol. The van der Waals surface area contributed by atoms with Crippen molar-refractivity contribution >= 4 is 16.0 Å². The number of pyridine rings is 1. The Morgan fingerprint density at radius 2 is 1.76 bits per heavy atom. The van der Waals surface area contributed by atoms with Gasteiger partial charge in [0.2, 0.25) is 11.7 Å². The first-order valence-electron chi connectivity index (χ1n) is 10.9. The van der Waals surface area contributed by atoms with Gasteiger partial charge in [-0.1, -0.05) is 18.2 Å². The van der Waals surface area contributed by atoms with Crippen LogP contribution in [0.5, 0.6) is 0 Å². The van der Waals surface area contributed by atoms with Crippen molar-refractivity contribution in [1.29, 1.82) is 5.26 Å². The Hall–Kier alpha value is -3.89. The number of hydrogen-bond donors (Lipinski definition) is 2. The summed E-state index contributed by atoms with van der Waals surface area (Å²) in [6.07, 6.45) is 3.18. The molecule has 0 aliphatic heterocycles. The molecule has 196 valence electrons. The van der Waals surface area contributed by atoms with E-state index in [0.29, 0.717) is 37.2 Å². The summed E-state index contributed by atoms with van der Waals surface area (Å²) in [7, 11) is -5.84. The molecule has 2 heterocycles. The van der Waals surface area contributed by atoms with E-state index in [1.165, 1.54) is 5.56 Å². The van der Waals surface area contributed by atoms with Gasteiger partial charge in [0.25, 0.3) is 0 Å². The number of carbonyl (C=O) groups excluding carboxylic acids is 1. The molecule has 0 bridgehead atoms. The van der Waals surface area contributed by atoms with Crippen molar-refractivity contribution in [3.63, 3.8) is 0 Å². The van der Waals surface area contributed by atoms with E-state index in [1.807, 2.05) is 55.5 Å². The SMILES string of the molecule is Cc1ccc(-c2cc(CCC(=O)NCCc3ccccn3)nc(C#N)n2)cc1C.O=S(=O)(O)C(F)(F)F. The number of aromatic nitrogens is 3. The van der Waals surface area contributed by atoms with Crippen molar-refractivity contribution in [3.05, 3.63) is 77.0 Å². The number of hydrogen-bond acceptors (Lipinski definition) is 7. The van der Waals surface area contributed by atoms with Gasteiger partial charge in [0.15, 0.2) is 0 Å². The van der Waals surface area contributed by atoms with Crippen LogP contribution in [0.25, 0.3) is 11.3 Å². The van der Waals surface area contributed by atoms with Gasteiger partial charge in [0.05, 0.1) is 5.69 Å². The van der Waals surface area contributed by atoms with Crippen LogP contribution in [0.1, 0.15) is 34.8 Å². The normalized spacial score (nSPS) is 11.2. The predicted octanol–water partition coefficient (Wildman–Crippen LogP) is 3.71. The molecule has 0 atom stereocenters. The number of rotatable bonds is 7. The maximum Gasteiger partial charge on any atom is 0.522 e. The molecule has 3 rings (SSSR count). The topological polar surface area (TPSA) is 146 Å². The van der Waals surface area contributed by atoms with Gasteiger partial charge in [0, 0.05) is 42.5 Å². The molecule has 0 radical (unpaired) electrons. The molecule has 0 aliphatic rings. The van der Waals surface area contributed by atoms with Crippen molar-refractivity contribution in [1.82, 2.24) is 20.3 Å². The number of alkyl halides is 3. The van der Waals surface area contributed by atoms with Gasteiger partial charge in [-0.25, -0.2) is 9.97 Å². The van der Waals surface area contributed by atoms with E-state index in [0.717, 1.165) is 16.8 Å². The third-order valence-corrected chi connectivity index (χ3v) is 5.60. The minimum atomic E-state index is -5.84. The van der Waals surface area contributed by atoms with Crippen molar-refractivity contribution < 1.29 is 30.9 Å². The van der Waals surface area contributed by atoms with Crippen LogP contribution in [0.4, 0.5) is 13.2 Å². The molecule has 2 aromatic heterocycles. The highest BCUT2D eigenvalue weighted by Gasteiger charge is 2.44. The van der Waals surface area contributed by atoms with E-state index in [-0.39, 0.29) is 11.7 Å². The van der Waals surface area contributed by atoms with Crippen LogP contribution < -0.4 is 5.32 Å². The number of halogens is 3. The highest BCUT2D eigenvalue weighted by Crippen LogP contribution is 2.22. The van der Waals surface area contributed by atoms with Gasteiger partial charge in [-0.05, 0) is 55.7 Å². The molecular weight excluding hydrogens is 511 g/mol. The average Bonchev–Trinajstić information content (AvgIpc) is 2.84. The zero-order valence-electron chi connectivity index (χ0n) is 20.0. The maximum atomic E-state index is 12.2. The Morgan fingerprint density at radius 3 is 2.32 bits per heavy atom. The third-order valence-electron chi connectivity index (χ3n) is 5.01. The van der Waals surface area contributed by atoms with Gasteiger partial charge in [-0.2, -0.15) is 26.9 Å². The highest BCUT2D eigenvalue weighted by atomic mass is 32.2. The molecule has 9 nitrogen and oxygen atoms in total. The fraction of sp³-hybridized carbons (Fsp3) is 0.292. The number of nitrogens with one attached hydrogen (secondary N) is 1. The van der Waals surface area contributed by atoms with E-state index in [1.54, 1.807) is 6.20 Å². The third kappa shape index (κ3) is 9.59. The van der Waals surface area contributed by atoms with Crippen molar-refractivity contribution in [2.45, 2.75) is 38.6 Å². The summed E-state index contributed by atoms with van der Waals surface area (Å²) in [5.41, 5.74) is 0.0927. The molecule has 1 aromatic carbocycles. The van der Waals surface area contributed by atoms with Crippen LogP contribution in [0, 0.1) is 25.2 Å². The monoisotopic (exact) mass is 535 g/mol. The van der Waals surface area contributed by atoms with Crippen molar-refractivity contribution in [2.75, 3.05) is 6.54 Å². The minimum Gasteiger partial charge on any atom is -0.356 e. The van der Waals surface area contributed by atoms with Crippen LogP contribution in [-0.4, -0.2) is 45.9 Å². The number of benzene rings is 1. The Bertz CT molecular complexity index is 1380. The summed E-state index contributed by atoms with van der Waals surface area (Å²) in [6, 6.07) is 15.7. The smallest absolute Gasteiger partial charge is 0.356 e. The van der Waals surface area contributed by atoms with Crippen molar-refractivity contribution in [2.24, 2.45) is 0 Å². The standard InChI is InChI=1S/C23H23N5O.CHF3O3S/c1-16-6-7-18(13-17(16)2)21-14-20(27-22(15-24)28-21)8-9-23(29)26-12-10-19-5-3-4-11-25-19;2-1(3,4)8(5,6)7/h3-7,11,13-14H,8-10,12H2,1-2H3,(H,26,29);(H,5,6,7). The number of amides is 1. The molecule has 1 amide bonds. The molecule has 13 heteroatoms. The quantitative estimate of drug-likeness (QED) is 0.344. The molecule has 0 aliphatic carbocycles. The second-order valence-corrected chi connectivity index (χ2v) is 9.23. The summed E-state index contributed by atoms with van der Waals surface area (Å²) in [5, 5.41) is 12.2. The second kappa shape index (κ2) is 12.9. The lowest BCUT2D eigenvalue weighted by atomic mass is 10.0. The lowest BCUT2D eigenvalue weighted by Gasteiger charge is -2.08. The molecule has 2 N–H and O–H groups in total. The maximum absolute atomic E-state index is 12.2. The van der Waals surface area contributed by atoms with Gasteiger partial charge in [0.1, 0.15) is 6.07 Å². The number of aryl methyl sites for hydroxylation is 3. The Kier molecular flexibility index (Phi) is 10.2. The fourth-order valence-corrected chi connectivity index (χ4v) is 2.93. The summed E-state index contributed by atoms with van der Waals surface area (Å²) in [5.74, 6) is 0.0667. The van der Waals surface area contributed by atoms with Crippen LogP contribution >= 0.6 is 0 Å². The highest BCUT2D eigenvalue weighted by molar-refractivity contribution is 7.86. The summed E-state index contributed by atoms with van der Waals surface area (Å²) < 4.78 is 57.5. The number of nitrogens with zero attached hydrogens (tertiary/aromatic N) is 4. The second-order valence-electron chi connectivity index (χ2n) is 7.82. The first-order chi connectivity index (χ1) is 17.3. The van der Waals surface area contributed by atoms with E-state index < -0.39 is 15.6 Å². The number of carbonyl (C=O) groups is 1. The summed E-state index contributed by atoms with van der Waals surface area (Å²) >= 11 is 0. The lowest BCUT2D eigenvalue weighted by Crippen LogP contribution is -2.26. The molecule has 0 spiro atoms. The lowest BCUT2D eigenvalue weighted by molar-refractivity contribution is -0.121. The minimum absolute atomic E-state index is 0.0502. The van der Waals surface area contributed by atoms with Crippen molar-refractivity contribution in [3.8, 4) is 17.3 Å². The summed E-state index contributed by atoms with van der Waals surface area (Å²) in [4.78, 5) is 25.0. The molecule has 0 saturated heterocycles. The van der Waals surface area contributed by atoms with E-state index in [9.17, 15) is 23.2 Å². The zero-order valence-corrected chi connectivity index (χ0v) is 20.8. The molecular formula is C24H24F3N5O4S. The van der Waals surface area contributed by atoms with E-state index in [4.69, 9.17) is 13.0 Å². The predicted molar refractivity (Wildman–Crippen MR) is 129 cm³/mol. The Morgan fingerprint density at radius 1 is 1.05 bits per heavy atom. The van der Waals surface area contributed by atoms with E-state index >= 15 is 0 Å². The van der Waals surface area contributed by atoms with Gasteiger partial charge >= 0.3 is 15.6 Å². The van der Waals surface area contributed by atoms with Gasteiger partial charge < -0.3 is 5.32 Å². The molecule has 0 unspecified atom stereocenters.